The van der Waals surface area contributed by atoms with Gasteiger partial charge in [-0.1, -0.05) is 36.4 Å². The largest absolute Gasteiger partial charge is 0.379 e. The summed E-state index contributed by atoms with van der Waals surface area (Å²) in [6.45, 7) is 2.05. The highest BCUT2D eigenvalue weighted by atomic mass is 79.9. The first kappa shape index (κ1) is 13.1. The fourth-order valence-corrected chi connectivity index (χ4v) is 2.36. The van der Waals surface area contributed by atoms with Crippen molar-refractivity contribution in [2.75, 3.05) is 5.32 Å². The standard InChI is InChI=1S/C15H15BrFN/c1-11(10-12-6-3-2-4-7-12)18-15-13(16)8-5-9-14(15)17/h2-9,11,18H,10H2,1H3. The van der Waals surface area contributed by atoms with E-state index >= 15 is 0 Å². The molecule has 2 rings (SSSR count). The third kappa shape index (κ3) is 3.33. The number of rotatable bonds is 4. The third-order valence-corrected chi connectivity index (χ3v) is 3.40. The van der Waals surface area contributed by atoms with Crippen molar-refractivity contribution in [1.29, 1.82) is 0 Å². The zero-order valence-corrected chi connectivity index (χ0v) is 11.7. The Morgan fingerprint density at radius 3 is 2.50 bits per heavy atom. The van der Waals surface area contributed by atoms with Crippen LogP contribution in [0.25, 0.3) is 0 Å². The molecule has 3 heteroatoms. The van der Waals surface area contributed by atoms with Crippen LogP contribution in [0.4, 0.5) is 10.1 Å². The highest BCUT2D eigenvalue weighted by Gasteiger charge is 2.10. The van der Waals surface area contributed by atoms with Crippen molar-refractivity contribution in [3.05, 3.63) is 64.4 Å². The molecule has 0 fully saturated rings. The number of anilines is 1. The molecular formula is C15H15BrFN. The van der Waals surface area contributed by atoms with Crippen molar-refractivity contribution in [2.45, 2.75) is 19.4 Å². The molecule has 0 bridgehead atoms. The second-order valence-electron chi connectivity index (χ2n) is 4.33. The summed E-state index contributed by atoms with van der Waals surface area (Å²) in [7, 11) is 0. The monoisotopic (exact) mass is 307 g/mol. The molecule has 2 aromatic carbocycles. The zero-order valence-electron chi connectivity index (χ0n) is 10.2. The van der Waals surface area contributed by atoms with Crippen molar-refractivity contribution in [3.63, 3.8) is 0 Å². The van der Waals surface area contributed by atoms with Gasteiger partial charge in [0.2, 0.25) is 0 Å². The predicted molar refractivity (Wildman–Crippen MR) is 77.3 cm³/mol. The first-order chi connectivity index (χ1) is 8.66. The minimum Gasteiger partial charge on any atom is -0.379 e. The highest BCUT2D eigenvalue weighted by molar-refractivity contribution is 9.10. The molecule has 0 radical (unpaired) electrons. The van der Waals surface area contributed by atoms with Crippen LogP contribution >= 0.6 is 15.9 Å². The van der Waals surface area contributed by atoms with Crippen LogP contribution in [0.1, 0.15) is 12.5 Å². The second-order valence-corrected chi connectivity index (χ2v) is 5.19. The second kappa shape index (κ2) is 6.01. The van der Waals surface area contributed by atoms with E-state index in [0.29, 0.717) is 5.69 Å². The summed E-state index contributed by atoms with van der Waals surface area (Å²) in [6, 6.07) is 15.3. The molecule has 0 aromatic heterocycles. The molecule has 0 aliphatic rings. The number of benzene rings is 2. The average Bonchev–Trinajstić information content (AvgIpc) is 2.35. The molecule has 0 aliphatic heterocycles. The van der Waals surface area contributed by atoms with Gasteiger partial charge in [0.05, 0.1) is 5.69 Å². The van der Waals surface area contributed by atoms with E-state index < -0.39 is 0 Å². The van der Waals surface area contributed by atoms with Gasteiger partial charge in [-0.15, -0.1) is 0 Å². The van der Waals surface area contributed by atoms with Gasteiger partial charge < -0.3 is 5.32 Å². The van der Waals surface area contributed by atoms with Gasteiger partial charge >= 0.3 is 0 Å². The molecule has 1 nitrogen and oxygen atoms in total. The Kier molecular flexibility index (Phi) is 4.37. The van der Waals surface area contributed by atoms with Gasteiger partial charge in [0.1, 0.15) is 5.82 Å². The van der Waals surface area contributed by atoms with Crippen molar-refractivity contribution in [3.8, 4) is 0 Å². The Morgan fingerprint density at radius 1 is 1.11 bits per heavy atom. The lowest BCUT2D eigenvalue weighted by Gasteiger charge is -2.17. The summed E-state index contributed by atoms with van der Waals surface area (Å²) in [5.74, 6) is -0.232. The predicted octanol–water partition coefficient (Wildman–Crippen LogP) is 4.63. The van der Waals surface area contributed by atoms with Crippen molar-refractivity contribution in [2.24, 2.45) is 0 Å². The SMILES string of the molecule is CC(Cc1ccccc1)Nc1c(F)cccc1Br. The summed E-state index contributed by atoms with van der Waals surface area (Å²) in [5, 5.41) is 3.21. The average molecular weight is 308 g/mol. The van der Waals surface area contributed by atoms with E-state index in [2.05, 4.69) is 33.4 Å². The Hall–Kier alpha value is -1.35. The van der Waals surface area contributed by atoms with E-state index in [4.69, 9.17) is 0 Å². The molecule has 0 aliphatic carbocycles. The molecule has 0 spiro atoms. The molecule has 2 aromatic rings. The van der Waals surface area contributed by atoms with E-state index in [1.807, 2.05) is 31.2 Å². The fourth-order valence-electron chi connectivity index (χ4n) is 1.90. The quantitative estimate of drug-likeness (QED) is 0.868. The number of nitrogens with one attached hydrogen (secondary N) is 1. The van der Waals surface area contributed by atoms with E-state index in [1.165, 1.54) is 11.6 Å². The topological polar surface area (TPSA) is 12.0 Å². The van der Waals surface area contributed by atoms with Gasteiger partial charge in [-0.2, -0.15) is 0 Å². The molecule has 1 unspecified atom stereocenters. The molecule has 0 saturated carbocycles. The lowest BCUT2D eigenvalue weighted by molar-refractivity contribution is 0.625. The molecule has 1 N–H and O–H groups in total. The lowest BCUT2D eigenvalue weighted by atomic mass is 10.1. The van der Waals surface area contributed by atoms with Crippen molar-refractivity contribution < 1.29 is 4.39 Å². The number of halogens is 2. The van der Waals surface area contributed by atoms with Crippen LogP contribution in [-0.2, 0) is 6.42 Å². The van der Waals surface area contributed by atoms with Crippen LogP contribution < -0.4 is 5.32 Å². The first-order valence-electron chi connectivity index (χ1n) is 5.91. The van der Waals surface area contributed by atoms with Crippen LogP contribution in [0.2, 0.25) is 0 Å². The highest BCUT2D eigenvalue weighted by Crippen LogP contribution is 2.26. The number of para-hydroxylation sites is 1. The molecular weight excluding hydrogens is 293 g/mol. The number of hydrogen-bond acceptors (Lipinski definition) is 1. The summed E-state index contributed by atoms with van der Waals surface area (Å²) in [6.07, 6.45) is 0.863. The molecule has 18 heavy (non-hydrogen) atoms. The molecule has 0 saturated heterocycles. The van der Waals surface area contributed by atoms with E-state index in [1.54, 1.807) is 6.07 Å². The van der Waals surface area contributed by atoms with Crippen LogP contribution in [0.15, 0.2) is 53.0 Å². The Morgan fingerprint density at radius 2 is 1.83 bits per heavy atom. The van der Waals surface area contributed by atoms with Gasteiger partial charge in [-0.3, -0.25) is 0 Å². The molecule has 1 atom stereocenters. The summed E-state index contributed by atoms with van der Waals surface area (Å²) in [4.78, 5) is 0. The van der Waals surface area contributed by atoms with Gasteiger partial charge in [-0.25, -0.2) is 4.39 Å². The fraction of sp³-hybridized carbons (Fsp3) is 0.200. The minimum atomic E-state index is -0.232. The van der Waals surface area contributed by atoms with Crippen LogP contribution in [0, 0.1) is 5.82 Å². The molecule has 94 valence electrons. The van der Waals surface area contributed by atoms with Gasteiger partial charge in [0.25, 0.3) is 0 Å². The molecule has 0 amide bonds. The Balaban J connectivity index is 2.06. The normalized spacial score (nSPS) is 12.2. The lowest BCUT2D eigenvalue weighted by Crippen LogP contribution is -2.19. The first-order valence-corrected chi connectivity index (χ1v) is 6.70. The molecule has 0 heterocycles. The summed E-state index contributed by atoms with van der Waals surface area (Å²) in [5.41, 5.74) is 1.77. The van der Waals surface area contributed by atoms with E-state index in [0.717, 1.165) is 10.9 Å². The van der Waals surface area contributed by atoms with Crippen LogP contribution in [-0.4, -0.2) is 6.04 Å². The minimum absolute atomic E-state index is 0.167. The van der Waals surface area contributed by atoms with E-state index in [9.17, 15) is 4.39 Å². The summed E-state index contributed by atoms with van der Waals surface area (Å²) < 4.78 is 14.4. The summed E-state index contributed by atoms with van der Waals surface area (Å²) >= 11 is 3.36. The Bertz CT molecular complexity index is 493. The zero-order chi connectivity index (χ0) is 13.0. The van der Waals surface area contributed by atoms with Gasteiger partial charge in [0, 0.05) is 10.5 Å². The Labute approximate surface area is 115 Å². The van der Waals surface area contributed by atoms with Crippen LogP contribution in [0.3, 0.4) is 0 Å². The number of hydrogen-bond donors (Lipinski definition) is 1. The van der Waals surface area contributed by atoms with Gasteiger partial charge in [0.15, 0.2) is 0 Å². The van der Waals surface area contributed by atoms with E-state index in [-0.39, 0.29) is 11.9 Å². The maximum atomic E-state index is 13.7. The smallest absolute Gasteiger partial charge is 0.147 e. The van der Waals surface area contributed by atoms with Gasteiger partial charge in [-0.05, 0) is 47.0 Å². The van der Waals surface area contributed by atoms with Crippen molar-refractivity contribution in [1.82, 2.24) is 0 Å². The maximum Gasteiger partial charge on any atom is 0.147 e. The van der Waals surface area contributed by atoms with Crippen LogP contribution in [0.5, 0.6) is 0 Å². The third-order valence-electron chi connectivity index (χ3n) is 2.74. The van der Waals surface area contributed by atoms with Crippen molar-refractivity contribution >= 4 is 21.6 Å². The maximum absolute atomic E-state index is 13.7.